The van der Waals surface area contributed by atoms with E-state index in [9.17, 15) is 0 Å². The number of fused-ring (bicyclic) bond motifs is 6. The average molecular weight is 1370 g/mol. The Labute approximate surface area is 619 Å². The van der Waals surface area contributed by atoms with Crippen LogP contribution in [0.25, 0.3) is 190 Å². The first-order valence-electron chi connectivity index (χ1n) is 36.0. The van der Waals surface area contributed by atoms with Crippen LogP contribution in [0.1, 0.15) is 16.7 Å². The molecule has 0 atom stereocenters. The van der Waals surface area contributed by atoms with Gasteiger partial charge in [-0.1, -0.05) is 255 Å². The van der Waals surface area contributed by atoms with Crippen LogP contribution in [0.5, 0.6) is 0 Å². The molecule has 107 heavy (non-hydrogen) atoms. The second kappa shape index (κ2) is 26.9. The third kappa shape index (κ3) is 11.7. The van der Waals surface area contributed by atoms with Crippen molar-refractivity contribution in [2.45, 2.75) is 20.8 Å². The van der Waals surface area contributed by atoms with Gasteiger partial charge in [-0.15, -0.1) is 0 Å². The van der Waals surface area contributed by atoms with E-state index >= 15 is 0 Å². The topological polar surface area (TPSA) is 113 Å². The van der Waals surface area contributed by atoms with Crippen molar-refractivity contribution in [2.24, 2.45) is 0 Å². The molecule has 0 saturated heterocycles. The minimum atomic E-state index is 0.552. The van der Waals surface area contributed by atoms with Crippen molar-refractivity contribution in [1.82, 2.24) is 49.0 Å². The van der Waals surface area contributed by atoms with E-state index in [-0.39, 0.29) is 0 Å². The number of para-hydroxylation sites is 1. The third-order valence-electron chi connectivity index (χ3n) is 20.6. The average Bonchev–Trinajstić information content (AvgIpc) is 1.62. The molecule has 10 nitrogen and oxygen atoms in total. The SMILES string of the molecule is Cc1ccccc1-c1ccc2c(c1)c1cc(-c3ccc(-c4cccnc4-c4ccc(-c5nc(-c6ccccc6)nc(-c6ccccc6)n5)c(-n5c6ccccc6c6ccc(-c7ccccc7C)cc65)c4)cc3C)ccc1n2-c1cc(-c2ccccn2)ccc1-c1nc(-c2ccccc2)nc(-c2ccccc2)n1. The summed E-state index contributed by atoms with van der Waals surface area (Å²) in [5.74, 6) is 3.46. The number of hydrogen-bond donors (Lipinski definition) is 0. The van der Waals surface area contributed by atoms with E-state index in [2.05, 4.69) is 273 Å². The summed E-state index contributed by atoms with van der Waals surface area (Å²) >= 11 is 0. The maximum Gasteiger partial charge on any atom is 0.166 e. The molecule has 0 aliphatic carbocycles. The lowest BCUT2D eigenvalue weighted by Crippen LogP contribution is -2.04. The summed E-state index contributed by atoms with van der Waals surface area (Å²) in [6, 6.07) is 117. The van der Waals surface area contributed by atoms with Crippen LogP contribution < -0.4 is 0 Å². The molecule has 19 rings (SSSR count). The predicted molar refractivity (Wildman–Crippen MR) is 437 cm³/mol. The van der Waals surface area contributed by atoms with Gasteiger partial charge in [0, 0.05) is 84.0 Å². The van der Waals surface area contributed by atoms with E-state index < -0.39 is 0 Å². The maximum atomic E-state index is 5.37. The molecule has 10 heteroatoms. The molecule has 6 heterocycles. The van der Waals surface area contributed by atoms with Crippen molar-refractivity contribution in [2.75, 3.05) is 0 Å². The summed E-state index contributed by atoms with van der Waals surface area (Å²) in [5, 5.41) is 4.49. The normalized spacial score (nSPS) is 11.5. The van der Waals surface area contributed by atoms with Crippen LogP contribution in [-0.4, -0.2) is 49.0 Å². The van der Waals surface area contributed by atoms with Crippen LogP contribution in [0.4, 0.5) is 0 Å². The molecule has 0 fully saturated rings. The summed E-state index contributed by atoms with van der Waals surface area (Å²) in [4.78, 5) is 41.8. The van der Waals surface area contributed by atoms with Gasteiger partial charge in [0.1, 0.15) is 0 Å². The van der Waals surface area contributed by atoms with Gasteiger partial charge in [-0.05, 0) is 155 Å². The van der Waals surface area contributed by atoms with Gasteiger partial charge in [0.25, 0.3) is 0 Å². The summed E-state index contributed by atoms with van der Waals surface area (Å²) in [5.41, 5.74) is 27.3. The highest BCUT2D eigenvalue weighted by atomic mass is 15.1. The van der Waals surface area contributed by atoms with Gasteiger partial charge >= 0.3 is 0 Å². The molecular formula is C97H66N10. The Morgan fingerprint density at radius 2 is 0.589 bits per heavy atom. The Balaban J connectivity index is 0.775. The highest BCUT2D eigenvalue weighted by Crippen LogP contribution is 2.45. The van der Waals surface area contributed by atoms with Crippen LogP contribution in [0.3, 0.4) is 0 Å². The smallest absolute Gasteiger partial charge is 0.166 e. The number of aryl methyl sites for hydroxylation is 3. The Hall–Kier alpha value is -14.2. The van der Waals surface area contributed by atoms with Gasteiger partial charge in [-0.2, -0.15) is 0 Å². The molecule has 6 aromatic heterocycles. The predicted octanol–water partition coefficient (Wildman–Crippen LogP) is 24.0. The molecule has 0 N–H and O–H groups in total. The lowest BCUT2D eigenvalue weighted by atomic mass is 9.92. The molecule has 0 spiro atoms. The Morgan fingerprint density at radius 3 is 1.12 bits per heavy atom. The van der Waals surface area contributed by atoms with E-state index in [0.717, 1.165) is 150 Å². The highest BCUT2D eigenvalue weighted by molar-refractivity contribution is 6.13. The standard InChI is InChI=1S/C97H66N10/c1-61-25-16-18-35-74(61)69-45-51-86-82(56-69)83-57-70(46-52-87(83)106(86)89-59-72(84-39-22-23-53-98-84)43-49-80(89)96-102-92(64-27-8-4-9-28-64)100-93(103-96)65-29-10-5-11-30-65)76-47-41-68(55-63(76)3)77-38-24-54-99-91(77)73-44-50-81(97-104-94(66-31-12-6-13-32-66)101-95(105-97)67-33-14-7-15-34-67)90(60-73)107-85-40-21-20-37-78(85)79-48-42-71(58-88(79)107)75-36-19-17-26-62(75)2/h4-60H,1-3H3. The Bertz CT molecular complexity index is 6530. The van der Waals surface area contributed by atoms with Gasteiger partial charge in [0.2, 0.25) is 0 Å². The van der Waals surface area contributed by atoms with Crippen LogP contribution in [0.15, 0.2) is 346 Å². The molecule has 0 saturated carbocycles. The molecule has 0 amide bonds. The van der Waals surface area contributed by atoms with E-state index in [4.69, 9.17) is 39.9 Å². The fraction of sp³-hybridized carbons (Fsp3) is 0.0309. The maximum absolute atomic E-state index is 5.37. The number of pyridine rings is 2. The fourth-order valence-electron chi connectivity index (χ4n) is 15.3. The first-order valence-corrected chi connectivity index (χ1v) is 36.0. The Morgan fingerprint density at radius 1 is 0.206 bits per heavy atom. The molecule has 0 aliphatic rings. The van der Waals surface area contributed by atoms with Crippen LogP contribution in [0, 0.1) is 20.8 Å². The van der Waals surface area contributed by atoms with Crippen LogP contribution >= 0.6 is 0 Å². The number of benzene rings is 13. The van der Waals surface area contributed by atoms with Crippen molar-refractivity contribution in [1.29, 1.82) is 0 Å². The molecule has 0 radical (unpaired) electrons. The second-order valence-corrected chi connectivity index (χ2v) is 27.2. The van der Waals surface area contributed by atoms with Crippen molar-refractivity contribution in [3.05, 3.63) is 363 Å². The quantitative estimate of drug-likeness (QED) is 0.106. The molecule has 0 unspecified atom stereocenters. The molecule has 0 aliphatic heterocycles. The van der Waals surface area contributed by atoms with Gasteiger partial charge in [0.05, 0.1) is 44.8 Å². The summed E-state index contributed by atoms with van der Waals surface area (Å²) < 4.78 is 4.79. The summed E-state index contributed by atoms with van der Waals surface area (Å²) in [6.07, 6.45) is 3.74. The molecule has 13 aromatic carbocycles. The van der Waals surface area contributed by atoms with Gasteiger partial charge in [-0.25, -0.2) is 29.9 Å². The van der Waals surface area contributed by atoms with Crippen molar-refractivity contribution < 1.29 is 0 Å². The van der Waals surface area contributed by atoms with E-state index in [0.29, 0.717) is 34.9 Å². The van der Waals surface area contributed by atoms with E-state index in [1.54, 1.807) is 0 Å². The number of aromatic nitrogens is 10. The van der Waals surface area contributed by atoms with Crippen molar-refractivity contribution in [3.63, 3.8) is 0 Å². The van der Waals surface area contributed by atoms with Gasteiger partial charge in [0.15, 0.2) is 34.9 Å². The second-order valence-electron chi connectivity index (χ2n) is 27.2. The lowest BCUT2D eigenvalue weighted by molar-refractivity contribution is 1.06. The van der Waals surface area contributed by atoms with E-state index in [1.165, 1.54) is 22.3 Å². The zero-order valence-electron chi connectivity index (χ0n) is 58.9. The number of hydrogen-bond acceptors (Lipinski definition) is 8. The summed E-state index contributed by atoms with van der Waals surface area (Å²) in [7, 11) is 0. The molecule has 0 bridgehead atoms. The molecular weight excluding hydrogens is 1310 g/mol. The third-order valence-corrected chi connectivity index (χ3v) is 20.6. The fourth-order valence-corrected chi connectivity index (χ4v) is 15.3. The van der Waals surface area contributed by atoms with Crippen LogP contribution in [-0.2, 0) is 0 Å². The minimum absolute atomic E-state index is 0.552. The lowest BCUT2D eigenvalue weighted by Gasteiger charge is -2.18. The number of nitrogens with zero attached hydrogens (tertiary/aromatic N) is 10. The molecule has 504 valence electrons. The molecule has 19 aromatic rings. The Kier molecular flexibility index (Phi) is 16.0. The van der Waals surface area contributed by atoms with Gasteiger partial charge in [-0.3, -0.25) is 9.97 Å². The zero-order valence-corrected chi connectivity index (χ0v) is 58.9. The highest BCUT2D eigenvalue weighted by Gasteiger charge is 2.26. The number of rotatable bonds is 14. The largest absolute Gasteiger partial charge is 0.308 e. The van der Waals surface area contributed by atoms with Crippen molar-refractivity contribution in [3.8, 4) is 147 Å². The minimum Gasteiger partial charge on any atom is -0.308 e. The van der Waals surface area contributed by atoms with Crippen molar-refractivity contribution >= 4 is 43.6 Å². The monoisotopic (exact) mass is 1370 g/mol. The van der Waals surface area contributed by atoms with E-state index in [1.807, 2.05) is 103 Å². The summed E-state index contributed by atoms with van der Waals surface area (Å²) in [6.45, 7) is 6.58. The van der Waals surface area contributed by atoms with Gasteiger partial charge < -0.3 is 9.13 Å². The first-order chi connectivity index (χ1) is 52.8. The van der Waals surface area contributed by atoms with Crippen LogP contribution in [0.2, 0.25) is 0 Å². The zero-order chi connectivity index (χ0) is 71.5. The first kappa shape index (κ1) is 63.7.